The lowest BCUT2D eigenvalue weighted by atomic mass is 10.4. The fraction of sp³-hybridized carbons (Fsp3) is 0.250. The summed E-state index contributed by atoms with van der Waals surface area (Å²) in [7, 11) is 0. The van der Waals surface area contributed by atoms with Gasteiger partial charge in [0.15, 0.2) is 10.2 Å². The van der Waals surface area contributed by atoms with Gasteiger partial charge in [0.1, 0.15) is 5.69 Å². The molecule has 1 aliphatic rings. The third-order valence-corrected chi connectivity index (χ3v) is 4.04. The van der Waals surface area contributed by atoms with Gasteiger partial charge in [0, 0.05) is 23.9 Å². The first-order chi connectivity index (χ1) is 7.36. The molecule has 1 aliphatic heterocycles. The first-order valence-corrected chi connectivity index (χ1v) is 6.26. The Morgan fingerprint density at radius 3 is 2.80 bits per heavy atom. The van der Waals surface area contributed by atoms with Crippen LogP contribution in [-0.2, 0) is 0 Å². The van der Waals surface area contributed by atoms with E-state index < -0.39 is 0 Å². The maximum absolute atomic E-state index is 5.70. The summed E-state index contributed by atoms with van der Waals surface area (Å²) < 4.78 is 0.960. The summed E-state index contributed by atoms with van der Waals surface area (Å²) >= 11 is 3.39. The summed E-state index contributed by atoms with van der Waals surface area (Å²) in [5.41, 5.74) is 6.25. The molecule has 0 aliphatic carbocycles. The number of hydrogen-bond acceptors (Lipinski definition) is 6. The Kier molecular flexibility index (Phi) is 3.57. The molecule has 2 rings (SSSR count). The van der Waals surface area contributed by atoms with E-state index in [0.717, 1.165) is 15.9 Å². The van der Waals surface area contributed by atoms with Crippen LogP contribution in [0.25, 0.3) is 0 Å². The monoisotopic (exact) mass is 239 g/mol. The molecular weight excluding hydrogens is 230 g/mol. The molecule has 1 aromatic rings. The highest BCUT2D eigenvalue weighted by Gasteiger charge is 2.09. The molecule has 15 heavy (non-hydrogen) atoms. The van der Waals surface area contributed by atoms with E-state index in [0.29, 0.717) is 11.5 Å². The summed E-state index contributed by atoms with van der Waals surface area (Å²) in [5.74, 6) is 2.47. The predicted molar refractivity (Wildman–Crippen MR) is 65.1 cm³/mol. The Bertz CT molecular complexity index is 381. The Hall–Kier alpha value is -1.08. The number of nitrogens with zero attached hydrogens (tertiary/aromatic N) is 4. The van der Waals surface area contributed by atoms with E-state index >= 15 is 0 Å². The van der Waals surface area contributed by atoms with Crippen molar-refractivity contribution in [2.75, 3.05) is 11.5 Å². The number of amidine groups is 1. The molecule has 0 bridgehead atoms. The van der Waals surface area contributed by atoms with Gasteiger partial charge in [0.25, 0.3) is 0 Å². The van der Waals surface area contributed by atoms with Gasteiger partial charge in [-0.05, 0) is 0 Å². The number of hydrogen-bond donors (Lipinski definition) is 1. The van der Waals surface area contributed by atoms with Crippen LogP contribution in [0.2, 0.25) is 0 Å². The van der Waals surface area contributed by atoms with Crippen LogP contribution in [0.4, 0.5) is 0 Å². The Balaban J connectivity index is 2.10. The Morgan fingerprint density at radius 2 is 2.13 bits per heavy atom. The second kappa shape index (κ2) is 5.13. The second-order valence-corrected chi connectivity index (χ2v) is 5.06. The minimum absolute atomic E-state index is 0.295. The lowest BCUT2D eigenvalue weighted by Crippen LogP contribution is -2.14. The SMILES string of the molecule is N/C(=N\N=C1SCCS1)c1cnccn1. The van der Waals surface area contributed by atoms with Gasteiger partial charge in [-0.3, -0.25) is 4.98 Å². The van der Waals surface area contributed by atoms with Crippen molar-refractivity contribution < 1.29 is 0 Å². The molecule has 0 saturated carbocycles. The molecule has 1 saturated heterocycles. The largest absolute Gasteiger partial charge is 0.380 e. The van der Waals surface area contributed by atoms with E-state index in [-0.39, 0.29) is 0 Å². The van der Waals surface area contributed by atoms with Gasteiger partial charge in [0.2, 0.25) is 0 Å². The van der Waals surface area contributed by atoms with Crippen molar-refractivity contribution in [3.05, 3.63) is 24.3 Å². The maximum Gasteiger partial charge on any atom is 0.173 e. The summed E-state index contributed by atoms with van der Waals surface area (Å²) in [5, 5.41) is 7.95. The Morgan fingerprint density at radius 1 is 1.33 bits per heavy atom. The lowest BCUT2D eigenvalue weighted by Gasteiger charge is -1.95. The van der Waals surface area contributed by atoms with Crippen LogP contribution in [0, 0.1) is 0 Å². The standard InChI is InChI=1S/C8H9N5S2/c9-7(6-5-10-1-2-11-6)12-13-8-14-3-4-15-8/h1-2,5H,3-4H2,(H2,9,12). The van der Waals surface area contributed by atoms with E-state index in [1.165, 1.54) is 0 Å². The zero-order chi connectivity index (χ0) is 10.5. The molecule has 0 amide bonds. The molecule has 1 fully saturated rings. The van der Waals surface area contributed by atoms with E-state index in [1.54, 1.807) is 42.1 Å². The van der Waals surface area contributed by atoms with Gasteiger partial charge in [-0.1, -0.05) is 23.5 Å². The van der Waals surface area contributed by atoms with Crippen molar-refractivity contribution in [3.8, 4) is 0 Å². The summed E-state index contributed by atoms with van der Waals surface area (Å²) in [6.07, 6.45) is 4.73. The van der Waals surface area contributed by atoms with Crippen molar-refractivity contribution in [1.29, 1.82) is 0 Å². The van der Waals surface area contributed by atoms with Crippen LogP contribution in [0.3, 0.4) is 0 Å². The fourth-order valence-corrected chi connectivity index (χ4v) is 2.98. The highest BCUT2D eigenvalue weighted by Crippen LogP contribution is 2.25. The average Bonchev–Trinajstić information content (AvgIpc) is 2.80. The van der Waals surface area contributed by atoms with Crippen molar-refractivity contribution in [2.45, 2.75) is 0 Å². The number of thioether (sulfide) groups is 2. The molecule has 0 spiro atoms. The fourth-order valence-electron chi connectivity index (χ4n) is 0.935. The molecule has 2 N–H and O–H groups in total. The van der Waals surface area contributed by atoms with Gasteiger partial charge in [0.05, 0.1) is 6.20 Å². The van der Waals surface area contributed by atoms with E-state index in [2.05, 4.69) is 20.2 Å². The maximum atomic E-state index is 5.70. The van der Waals surface area contributed by atoms with Crippen LogP contribution < -0.4 is 5.73 Å². The number of aromatic nitrogens is 2. The van der Waals surface area contributed by atoms with E-state index in [4.69, 9.17) is 5.73 Å². The minimum atomic E-state index is 0.295. The van der Waals surface area contributed by atoms with Crippen LogP contribution in [0.15, 0.2) is 28.8 Å². The van der Waals surface area contributed by atoms with Gasteiger partial charge in [-0.25, -0.2) is 4.98 Å². The van der Waals surface area contributed by atoms with Crippen LogP contribution >= 0.6 is 23.5 Å². The van der Waals surface area contributed by atoms with Gasteiger partial charge in [-0.2, -0.15) is 0 Å². The van der Waals surface area contributed by atoms with Crippen molar-refractivity contribution in [3.63, 3.8) is 0 Å². The smallest absolute Gasteiger partial charge is 0.173 e. The highest BCUT2D eigenvalue weighted by molar-refractivity contribution is 8.41. The van der Waals surface area contributed by atoms with Crippen LogP contribution in [0.5, 0.6) is 0 Å². The summed E-state index contributed by atoms with van der Waals surface area (Å²) in [6.45, 7) is 0. The molecule has 5 nitrogen and oxygen atoms in total. The molecule has 0 radical (unpaired) electrons. The summed E-state index contributed by atoms with van der Waals surface area (Å²) in [4.78, 5) is 7.93. The Labute approximate surface area is 95.7 Å². The van der Waals surface area contributed by atoms with Crippen LogP contribution in [-0.4, -0.2) is 31.7 Å². The predicted octanol–water partition coefficient (Wildman–Crippen LogP) is 0.933. The van der Waals surface area contributed by atoms with Crippen molar-refractivity contribution in [1.82, 2.24) is 9.97 Å². The van der Waals surface area contributed by atoms with Crippen LogP contribution in [0.1, 0.15) is 5.69 Å². The molecule has 0 atom stereocenters. The molecule has 0 unspecified atom stereocenters. The topological polar surface area (TPSA) is 76.5 Å². The number of nitrogens with two attached hydrogens (primary N) is 1. The van der Waals surface area contributed by atoms with Crippen molar-refractivity contribution >= 4 is 33.7 Å². The zero-order valence-corrected chi connectivity index (χ0v) is 9.46. The first-order valence-electron chi connectivity index (χ1n) is 4.29. The van der Waals surface area contributed by atoms with Gasteiger partial charge >= 0.3 is 0 Å². The third kappa shape index (κ3) is 2.93. The number of rotatable bonds is 2. The van der Waals surface area contributed by atoms with E-state index in [1.807, 2.05) is 0 Å². The second-order valence-electron chi connectivity index (χ2n) is 2.64. The average molecular weight is 239 g/mol. The third-order valence-electron chi connectivity index (χ3n) is 1.60. The normalized spacial score (nSPS) is 16.8. The minimum Gasteiger partial charge on any atom is -0.380 e. The first kappa shape index (κ1) is 10.4. The van der Waals surface area contributed by atoms with E-state index in [9.17, 15) is 0 Å². The molecule has 2 heterocycles. The van der Waals surface area contributed by atoms with Gasteiger partial charge < -0.3 is 5.73 Å². The summed E-state index contributed by atoms with van der Waals surface area (Å²) in [6, 6.07) is 0. The van der Waals surface area contributed by atoms with Gasteiger partial charge in [-0.15, -0.1) is 10.2 Å². The molecule has 1 aromatic heterocycles. The molecular formula is C8H9N5S2. The lowest BCUT2D eigenvalue weighted by molar-refractivity contribution is 1.15. The quantitative estimate of drug-likeness (QED) is 0.472. The highest BCUT2D eigenvalue weighted by atomic mass is 32.2. The van der Waals surface area contributed by atoms with Crippen molar-refractivity contribution in [2.24, 2.45) is 15.9 Å². The molecule has 0 aromatic carbocycles. The zero-order valence-electron chi connectivity index (χ0n) is 7.83. The molecule has 78 valence electrons. The molecule has 7 heteroatoms.